The van der Waals surface area contributed by atoms with Gasteiger partial charge in [0.2, 0.25) is 0 Å². The van der Waals surface area contributed by atoms with Gasteiger partial charge in [0.15, 0.2) is 0 Å². The second-order valence-electron chi connectivity index (χ2n) is 5.03. The summed E-state index contributed by atoms with van der Waals surface area (Å²) in [5, 5.41) is 2.92. The Bertz CT molecular complexity index is 474. The predicted molar refractivity (Wildman–Crippen MR) is 62.5 cm³/mol. The van der Waals surface area contributed by atoms with Crippen LogP contribution in [-0.4, -0.2) is 37.5 Å². The first-order valence-electron chi connectivity index (χ1n) is 5.91. The maximum absolute atomic E-state index is 13.4. The third-order valence-electron chi connectivity index (χ3n) is 3.81. The number of fused-ring (bicyclic) bond motifs is 3. The molecule has 0 bridgehead atoms. The maximum Gasteiger partial charge on any atom is 0.251 e. The van der Waals surface area contributed by atoms with Crippen LogP contribution in [0.5, 0.6) is 0 Å². The Morgan fingerprint density at radius 1 is 1.41 bits per heavy atom. The summed E-state index contributed by atoms with van der Waals surface area (Å²) < 4.78 is 13.4. The molecule has 1 aromatic carbocycles. The van der Waals surface area contributed by atoms with Gasteiger partial charge in [0.05, 0.1) is 0 Å². The molecule has 2 heterocycles. The Kier molecular flexibility index (Phi) is 2.40. The van der Waals surface area contributed by atoms with Crippen LogP contribution in [0.25, 0.3) is 0 Å². The van der Waals surface area contributed by atoms with Crippen molar-refractivity contribution in [2.24, 2.45) is 5.92 Å². The second kappa shape index (κ2) is 3.81. The highest BCUT2D eigenvalue weighted by Gasteiger charge is 2.36. The molecule has 0 aromatic heterocycles. The van der Waals surface area contributed by atoms with Crippen molar-refractivity contribution in [2.45, 2.75) is 5.92 Å². The van der Waals surface area contributed by atoms with Gasteiger partial charge in [0.1, 0.15) is 5.82 Å². The summed E-state index contributed by atoms with van der Waals surface area (Å²) in [6, 6.07) is 4.48. The summed E-state index contributed by atoms with van der Waals surface area (Å²) >= 11 is 0. The molecule has 0 aliphatic carbocycles. The second-order valence-corrected chi connectivity index (χ2v) is 5.03. The lowest BCUT2D eigenvalue weighted by molar-refractivity contribution is 0.0951. The van der Waals surface area contributed by atoms with Gasteiger partial charge in [-0.05, 0) is 36.7 Å². The predicted octanol–water partition coefficient (Wildman–Crippen LogP) is 1.21. The SMILES string of the molecule is CN1C[C@@H]2CNC(=O)c3ccc(F)cc3[C@H]2C1. The Morgan fingerprint density at radius 2 is 2.24 bits per heavy atom. The van der Waals surface area contributed by atoms with Crippen molar-refractivity contribution in [3.8, 4) is 0 Å². The molecule has 1 saturated heterocycles. The lowest BCUT2D eigenvalue weighted by Gasteiger charge is -2.16. The van der Waals surface area contributed by atoms with E-state index in [-0.39, 0.29) is 17.6 Å². The molecule has 0 spiro atoms. The summed E-state index contributed by atoms with van der Waals surface area (Å²) in [4.78, 5) is 14.1. The third-order valence-corrected chi connectivity index (χ3v) is 3.81. The monoisotopic (exact) mass is 234 g/mol. The van der Waals surface area contributed by atoms with Gasteiger partial charge in [-0.1, -0.05) is 0 Å². The zero-order valence-corrected chi connectivity index (χ0v) is 9.74. The number of nitrogens with zero attached hydrogens (tertiary/aromatic N) is 1. The van der Waals surface area contributed by atoms with Gasteiger partial charge < -0.3 is 10.2 Å². The lowest BCUT2D eigenvalue weighted by Crippen LogP contribution is -2.29. The van der Waals surface area contributed by atoms with Crippen LogP contribution in [0.2, 0.25) is 0 Å². The normalized spacial score (nSPS) is 28.2. The van der Waals surface area contributed by atoms with Crippen molar-refractivity contribution in [1.29, 1.82) is 0 Å². The molecular formula is C13H15FN2O. The number of benzene rings is 1. The number of nitrogens with one attached hydrogen (secondary N) is 1. The van der Waals surface area contributed by atoms with Crippen LogP contribution in [0.3, 0.4) is 0 Å². The van der Waals surface area contributed by atoms with E-state index in [2.05, 4.69) is 17.3 Å². The van der Waals surface area contributed by atoms with Crippen molar-refractivity contribution >= 4 is 5.91 Å². The molecule has 0 radical (unpaired) electrons. The number of carbonyl (C=O) groups is 1. The van der Waals surface area contributed by atoms with Crippen molar-refractivity contribution < 1.29 is 9.18 Å². The third kappa shape index (κ3) is 1.72. The van der Waals surface area contributed by atoms with Gasteiger partial charge in [0, 0.05) is 31.1 Å². The molecule has 90 valence electrons. The van der Waals surface area contributed by atoms with Crippen molar-refractivity contribution in [3.05, 3.63) is 35.1 Å². The smallest absolute Gasteiger partial charge is 0.251 e. The Labute approximate surface area is 99.6 Å². The average molecular weight is 234 g/mol. The molecule has 4 heteroatoms. The van der Waals surface area contributed by atoms with Crippen molar-refractivity contribution in [2.75, 3.05) is 26.7 Å². The van der Waals surface area contributed by atoms with Gasteiger partial charge in [0.25, 0.3) is 5.91 Å². The largest absolute Gasteiger partial charge is 0.352 e. The highest BCUT2D eigenvalue weighted by Crippen LogP contribution is 2.35. The van der Waals surface area contributed by atoms with E-state index in [1.54, 1.807) is 6.07 Å². The van der Waals surface area contributed by atoms with Crippen molar-refractivity contribution in [3.63, 3.8) is 0 Å². The topological polar surface area (TPSA) is 32.3 Å². The minimum atomic E-state index is -0.258. The number of amides is 1. The first-order chi connectivity index (χ1) is 8.15. The van der Waals surface area contributed by atoms with Crippen LogP contribution >= 0.6 is 0 Å². The van der Waals surface area contributed by atoms with E-state index < -0.39 is 0 Å². The fraction of sp³-hybridized carbons (Fsp3) is 0.462. The van der Waals surface area contributed by atoms with Crippen molar-refractivity contribution in [1.82, 2.24) is 10.2 Å². The summed E-state index contributed by atoms with van der Waals surface area (Å²) in [6.45, 7) is 2.54. The molecule has 2 aliphatic heterocycles. The summed E-state index contributed by atoms with van der Waals surface area (Å²) in [5.41, 5.74) is 1.50. The molecule has 1 aromatic rings. The molecular weight excluding hydrogens is 219 g/mol. The Balaban J connectivity index is 2.10. The van der Waals surface area contributed by atoms with Crippen LogP contribution in [0, 0.1) is 11.7 Å². The molecule has 17 heavy (non-hydrogen) atoms. The number of hydrogen-bond acceptors (Lipinski definition) is 2. The van der Waals surface area contributed by atoms with Crippen LogP contribution in [-0.2, 0) is 0 Å². The summed E-state index contributed by atoms with van der Waals surface area (Å²) in [5.74, 6) is 0.334. The van der Waals surface area contributed by atoms with Gasteiger partial charge in [-0.3, -0.25) is 4.79 Å². The van der Waals surface area contributed by atoms with E-state index in [1.807, 2.05) is 0 Å². The van der Waals surface area contributed by atoms with E-state index in [0.29, 0.717) is 18.0 Å². The zero-order valence-electron chi connectivity index (χ0n) is 9.74. The van der Waals surface area contributed by atoms with Crippen LogP contribution in [0.4, 0.5) is 4.39 Å². The van der Waals surface area contributed by atoms with Crippen LogP contribution in [0.15, 0.2) is 18.2 Å². The van der Waals surface area contributed by atoms with E-state index in [1.165, 1.54) is 12.1 Å². The molecule has 2 atom stereocenters. The lowest BCUT2D eigenvalue weighted by atomic mass is 9.87. The first kappa shape index (κ1) is 10.7. The molecule has 3 nitrogen and oxygen atoms in total. The number of halogens is 1. The summed E-state index contributed by atoms with van der Waals surface area (Å²) in [6.07, 6.45) is 0. The van der Waals surface area contributed by atoms with Gasteiger partial charge in [-0.25, -0.2) is 4.39 Å². The van der Waals surface area contributed by atoms with E-state index in [4.69, 9.17) is 0 Å². The molecule has 1 N–H and O–H groups in total. The standard InChI is InChI=1S/C13H15FN2O/c1-16-6-8-5-15-13(17)10-3-2-9(14)4-11(10)12(8)7-16/h2-4,8,12H,5-7H2,1H3,(H,15,17)/t8-,12-/m0/s1. The highest BCUT2D eigenvalue weighted by molar-refractivity contribution is 5.96. The fourth-order valence-electron chi connectivity index (χ4n) is 3.01. The minimum absolute atomic E-state index is 0.0722. The number of rotatable bonds is 0. The fourth-order valence-corrected chi connectivity index (χ4v) is 3.01. The zero-order chi connectivity index (χ0) is 12.0. The maximum atomic E-state index is 13.4. The van der Waals surface area contributed by atoms with Gasteiger partial charge >= 0.3 is 0 Å². The molecule has 0 unspecified atom stereocenters. The quantitative estimate of drug-likeness (QED) is 0.732. The number of carbonyl (C=O) groups excluding carboxylic acids is 1. The molecule has 2 aliphatic rings. The summed E-state index contributed by atoms with van der Waals surface area (Å²) in [7, 11) is 2.06. The number of hydrogen-bond donors (Lipinski definition) is 1. The van der Waals surface area contributed by atoms with Crippen LogP contribution in [0.1, 0.15) is 21.8 Å². The molecule has 1 amide bonds. The first-order valence-corrected chi connectivity index (χ1v) is 5.91. The van der Waals surface area contributed by atoms with Crippen LogP contribution < -0.4 is 5.32 Å². The Hall–Kier alpha value is -1.42. The minimum Gasteiger partial charge on any atom is -0.352 e. The van der Waals surface area contributed by atoms with E-state index in [0.717, 1.165) is 18.7 Å². The van der Waals surface area contributed by atoms with Gasteiger partial charge in [-0.2, -0.15) is 0 Å². The Morgan fingerprint density at radius 3 is 3.06 bits per heavy atom. The van der Waals surface area contributed by atoms with E-state index >= 15 is 0 Å². The number of likely N-dealkylation sites (tertiary alicyclic amines) is 1. The molecule has 0 saturated carbocycles. The molecule has 3 rings (SSSR count). The van der Waals surface area contributed by atoms with E-state index in [9.17, 15) is 9.18 Å². The molecule has 1 fully saturated rings. The number of likely N-dealkylation sites (N-methyl/N-ethyl adjacent to an activating group) is 1. The van der Waals surface area contributed by atoms with Gasteiger partial charge in [-0.15, -0.1) is 0 Å². The average Bonchev–Trinajstić information content (AvgIpc) is 2.62. The highest BCUT2D eigenvalue weighted by atomic mass is 19.1.